The van der Waals surface area contributed by atoms with Crippen LogP contribution in [0, 0.1) is 19.7 Å². The second-order valence-electron chi connectivity index (χ2n) is 6.70. The number of ether oxygens (including phenoxy) is 1. The lowest BCUT2D eigenvalue weighted by Gasteiger charge is -2.34. The van der Waals surface area contributed by atoms with Crippen molar-refractivity contribution in [1.29, 1.82) is 0 Å². The van der Waals surface area contributed by atoms with Crippen LogP contribution in [0.2, 0.25) is 0 Å². The van der Waals surface area contributed by atoms with Gasteiger partial charge in [0, 0.05) is 51.2 Å². The van der Waals surface area contributed by atoms with Crippen LogP contribution in [0.3, 0.4) is 0 Å². The molecule has 1 aromatic carbocycles. The van der Waals surface area contributed by atoms with Crippen molar-refractivity contribution in [3.8, 4) is 5.69 Å². The van der Waals surface area contributed by atoms with Crippen molar-refractivity contribution in [2.45, 2.75) is 13.8 Å². The molecule has 0 radical (unpaired) electrons. The van der Waals surface area contributed by atoms with Gasteiger partial charge < -0.3 is 14.2 Å². The molecule has 1 aliphatic heterocycles. The van der Waals surface area contributed by atoms with Crippen molar-refractivity contribution >= 4 is 5.91 Å². The number of rotatable bonds is 5. The van der Waals surface area contributed by atoms with Crippen LogP contribution in [0.5, 0.6) is 0 Å². The maximum absolute atomic E-state index is 14.2. The molecule has 6 heteroatoms. The van der Waals surface area contributed by atoms with Gasteiger partial charge >= 0.3 is 0 Å². The van der Waals surface area contributed by atoms with Gasteiger partial charge in [-0.15, -0.1) is 0 Å². The summed E-state index contributed by atoms with van der Waals surface area (Å²) in [6.45, 7) is 8.47. The second-order valence-corrected chi connectivity index (χ2v) is 6.70. The quantitative estimate of drug-likeness (QED) is 0.824. The molecule has 1 fully saturated rings. The Morgan fingerprint density at radius 1 is 1.15 bits per heavy atom. The highest BCUT2D eigenvalue weighted by Crippen LogP contribution is 2.24. The Kier molecular flexibility index (Phi) is 5.74. The summed E-state index contributed by atoms with van der Waals surface area (Å²) < 4.78 is 21.1. The number of aryl methyl sites for hydroxylation is 1. The molecule has 0 bridgehead atoms. The van der Waals surface area contributed by atoms with Gasteiger partial charge in [0.1, 0.15) is 5.82 Å². The Balaban J connectivity index is 1.78. The van der Waals surface area contributed by atoms with E-state index in [0.29, 0.717) is 30.9 Å². The number of halogens is 1. The van der Waals surface area contributed by atoms with Gasteiger partial charge in [0.2, 0.25) is 0 Å². The fourth-order valence-electron chi connectivity index (χ4n) is 3.55. The van der Waals surface area contributed by atoms with Crippen molar-refractivity contribution in [3.63, 3.8) is 0 Å². The van der Waals surface area contributed by atoms with Crippen LogP contribution >= 0.6 is 0 Å². The smallest absolute Gasteiger partial charge is 0.255 e. The van der Waals surface area contributed by atoms with Gasteiger partial charge in [0.25, 0.3) is 5.91 Å². The molecular weight excluding hydrogens is 333 g/mol. The highest BCUT2D eigenvalue weighted by Gasteiger charge is 2.25. The first-order chi connectivity index (χ1) is 12.5. The van der Waals surface area contributed by atoms with Crippen molar-refractivity contribution in [3.05, 3.63) is 53.1 Å². The zero-order valence-electron chi connectivity index (χ0n) is 15.7. The fraction of sp³-hybridized carbons (Fsp3) is 0.450. The predicted molar refractivity (Wildman–Crippen MR) is 99.4 cm³/mol. The topological polar surface area (TPSA) is 37.7 Å². The molecule has 0 spiro atoms. The van der Waals surface area contributed by atoms with Crippen molar-refractivity contribution in [2.75, 3.05) is 46.4 Å². The van der Waals surface area contributed by atoms with E-state index in [1.54, 1.807) is 25.3 Å². The molecule has 2 heterocycles. The van der Waals surface area contributed by atoms with E-state index < -0.39 is 0 Å². The van der Waals surface area contributed by atoms with E-state index in [1.807, 2.05) is 29.4 Å². The number of amides is 1. The molecule has 1 saturated heterocycles. The summed E-state index contributed by atoms with van der Waals surface area (Å²) in [5.41, 5.74) is 2.76. The number of hydrogen-bond acceptors (Lipinski definition) is 3. The van der Waals surface area contributed by atoms with Crippen LogP contribution in [0.15, 0.2) is 30.3 Å². The summed E-state index contributed by atoms with van der Waals surface area (Å²) in [4.78, 5) is 17.2. The minimum absolute atomic E-state index is 0.0204. The molecule has 0 unspecified atom stereocenters. The SMILES string of the molecule is COCCN1CCN(C(=O)c2cc(C)n(-c3ccccc3F)c2C)CC1. The number of methoxy groups -OCH3 is 1. The number of benzene rings is 1. The molecule has 1 aliphatic rings. The molecule has 26 heavy (non-hydrogen) atoms. The third kappa shape index (κ3) is 3.66. The molecule has 0 N–H and O–H groups in total. The van der Waals surface area contributed by atoms with Gasteiger partial charge in [-0.3, -0.25) is 9.69 Å². The molecule has 140 valence electrons. The monoisotopic (exact) mass is 359 g/mol. The van der Waals surface area contributed by atoms with Crippen LogP contribution in [0.4, 0.5) is 4.39 Å². The number of aromatic nitrogens is 1. The third-order valence-corrected chi connectivity index (χ3v) is 5.03. The maximum Gasteiger partial charge on any atom is 0.255 e. The minimum atomic E-state index is -0.292. The van der Waals surface area contributed by atoms with Crippen molar-refractivity contribution in [1.82, 2.24) is 14.4 Å². The highest BCUT2D eigenvalue weighted by molar-refractivity contribution is 5.96. The molecule has 1 aromatic heterocycles. The lowest BCUT2D eigenvalue weighted by atomic mass is 10.2. The van der Waals surface area contributed by atoms with Gasteiger partial charge in [-0.05, 0) is 32.0 Å². The average molecular weight is 359 g/mol. The zero-order chi connectivity index (χ0) is 18.7. The second kappa shape index (κ2) is 8.01. The van der Waals surface area contributed by atoms with Gasteiger partial charge in [0.15, 0.2) is 0 Å². The molecule has 5 nitrogen and oxygen atoms in total. The van der Waals surface area contributed by atoms with Gasteiger partial charge in [0.05, 0.1) is 17.9 Å². The Bertz CT molecular complexity index is 779. The van der Waals surface area contributed by atoms with Crippen LogP contribution in [-0.2, 0) is 4.74 Å². The third-order valence-electron chi connectivity index (χ3n) is 5.03. The molecule has 0 saturated carbocycles. The number of piperazine rings is 1. The normalized spacial score (nSPS) is 15.5. The van der Waals surface area contributed by atoms with E-state index >= 15 is 0 Å². The standard InChI is InChI=1S/C20H26FN3O2/c1-15-14-17(16(2)24(15)19-7-5-4-6-18(19)21)20(25)23-10-8-22(9-11-23)12-13-26-3/h4-7,14H,8-13H2,1-3H3. The van der Waals surface area contributed by atoms with E-state index in [4.69, 9.17) is 4.74 Å². The Morgan fingerprint density at radius 3 is 2.50 bits per heavy atom. The zero-order valence-corrected chi connectivity index (χ0v) is 15.7. The summed E-state index contributed by atoms with van der Waals surface area (Å²) in [7, 11) is 1.70. The first-order valence-electron chi connectivity index (χ1n) is 8.97. The van der Waals surface area contributed by atoms with Gasteiger partial charge in [-0.25, -0.2) is 4.39 Å². The number of nitrogens with zero attached hydrogens (tertiary/aromatic N) is 3. The van der Waals surface area contributed by atoms with Crippen LogP contribution in [0.1, 0.15) is 21.7 Å². The van der Waals surface area contributed by atoms with E-state index in [0.717, 1.165) is 31.0 Å². The number of hydrogen-bond donors (Lipinski definition) is 0. The van der Waals surface area contributed by atoms with E-state index in [2.05, 4.69) is 4.90 Å². The minimum Gasteiger partial charge on any atom is -0.383 e. The summed E-state index contributed by atoms with van der Waals surface area (Å²) in [5.74, 6) is -0.271. The summed E-state index contributed by atoms with van der Waals surface area (Å²) in [6, 6.07) is 8.51. The Hall–Kier alpha value is -2.18. The van der Waals surface area contributed by atoms with E-state index in [-0.39, 0.29) is 11.7 Å². The van der Waals surface area contributed by atoms with E-state index in [9.17, 15) is 9.18 Å². The number of para-hydroxylation sites is 1. The fourth-order valence-corrected chi connectivity index (χ4v) is 3.55. The average Bonchev–Trinajstić information content (AvgIpc) is 2.94. The largest absolute Gasteiger partial charge is 0.383 e. The van der Waals surface area contributed by atoms with Crippen LogP contribution < -0.4 is 0 Å². The number of carbonyl (C=O) groups excluding carboxylic acids is 1. The lowest BCUT2D eigenvalue weighted by molar-refractivity contribution is 0.0593. The summed E-state index contributed by atoms with van der Waals surface area (Å²) in [5, 5.41) is 0. The van der Waals surface area contributed by atoms with Crippen molar-refractivity contribution in [2.24, 2.45) is 0 Å². The van der Waals surface area contributed by atoms with Crippen LogP contribution in [-0.4, -0.2) is 66.7 Å². The lowest BCUT2D eigenvalue weighted by Crippen LogP contribution is -2.49. The van der Waals surface area contributed by atoms with Crippen molar-refractivity contribution < 1.29 is 13.9 Å². The molecule has 1 amide bonds. The first-order valence-corrected chi connectivity index (χ1v) is 8.97. The van der Waals surface area contributed by atoms with Gasteiger partial charge in [-0.1, -0.05) is 12.1 Å². The molecule has 3 rings (SSSR count). The highest BCUT2D eigenvalue weighted by atomic mass is 19.1. The molecule has 0 atom stereocenters. The van der Waals surface area contributed by atoms with E-state index in [1.165, 1.54) is 6.07 Å². The number of carbonyl (C=O) groups is 1. The Labute approximate surface area is 154 Å². The predicted octanol–water partition coefficient (Wildman–Crippen LogP) is 2.64. The van der Waals surface area contributed by atoms with Crippen LogP contribution in [0.25, 0.3) is 5.69 Å². The molecular formula is C20H26FN3O2. The Morgan fingerprint density at radius 2 is 1.85 bits per heavy atom. The first kappa shape index (κ1) is 18.6. The summed E-state index contributed by atoms with van der Waals surface area (Å²) >= 11 is 0. The molecule has 2 aromatic rings. The molecule has 0 aliphatic carbocycles. The maximum atomic E-state index is 14.2. The summed E-state index contributed by atoms with van der Waals surface area (Å²) in [6.07, 6.45) is 0. The van der Waals surface area contributed by atoms with Gasteiger partial charge in [-0.2, -0.15) is 0 Å².